The largest absolute Gasteiger partial charge is 0.481 e. The van der Waals surface area contributed by atoms with E-state index < -0.39 is 16.3 Å². The van der Waals surface area contributed by atoms with Gasteiger partial charge in [-0.3, -0.25) is 14.9 Å². The van der Waals surface area contributed by atoms with Gasteiger partial charge in [-0.25, -0.2) is 0 Å². The zero-order valence-electron chi connectivity index (χ0n) is 11.0. The lowest BCUT2D eigenvalue weighted by Gasteiger charge is -2.29. The Labute approximate surface area is 119 Å². The molecule has 0 aliphatic heterocycles. The molecule has 1 unspecified atom stereocenters. The van der Waals surface area contributed by atoms with Gasteiger partial charge in [-0.05, 0) is 40.8 Å². The zero-order chi connectivity index (χ0) is 14.8. The number of benzene rings is 1. The Morgan fingerprint density at radius 1 is 1.53 bits per heavy atom. The number of halogens is 1. The predicted molar refractivity (Wildman–Crippen MR) is 75.1 cm³/mol. The summed E-state index contributed by atoms with van der Waals surface area (Å²) < 4.78 is 0.355. The van der Waals surface area contributed by atoms with Crippen LogP contribution in [0.15, 0.2) is 22.7 Å². The molecule has 0 fully saturated rings. The number of carbonyl (C=O) groups is 1. The fourth-order valence-electron chi connectivity index (χ4n) is 1.77. The molecule has 0 heterocycles. The molecule has 0 aliphatic carbocycles. The molecule has 1 atom stereocenters. The number of nitrogens with zero attached hydrogens (tertiary/aromatic N) is 1. The average Bonchev–Trinajstić information content (AvgIpc) is 2.30. The van der Waals surface area contributed by atoms with Crippen LogP contribution < -0.4 is 0 Å². The molecule has 0 spiro atoms. The van der Waals surface area contributed by atoms with Gasteiger partial charge in [0.25, 0.3) is 5.69 Å². The van der Waals surface area contributed by atoms with Crippen molar-refractivity contribution in [2.45, 2.75) is 27.2 Å². The van der Waals surface area contributed by atoms with Crippen LogP contribution >= 0.6 is 15.9 Å². The van der Waals surface area contributed by atoms with E-state index in [1.54, 1.807) is 19.1 Å². The second-order valence-electron chi connectivity index (χ2n) is 5.06. The number of nitro groups is 1. The summed E-state index contributed by atoms with van der Waals surface area (Å²) in [5, 5.41) is 20.3. The number of carboxylic acid groups (broad SMARTS) is 1. The maximum atomic E-state index is 11.4. The molecule has 1 rings (SSSR count). The lowest BCUT2D eigenvalue weighted by molar-refractivity contribution is -0.385. The molecule has 6 heteroatoms. The smallest absolute Gasteiger partial charge is 0.309 e. The Kier molecular flexibility index (Phi) is 4.68. The second kappa shape index (κ2) is 5.69. The minimum absolute atomic E-state index is 0.0472. The Hall–Kier alpha value is -1.43. The molecule has 0 bridgehead atoms. The lowest BCUT2D eigenvalue weighted by atomic mass is 9.74. The molecule has 0 saturated carbocycles. The molecule has 0 aliphatic rings. The van der Waals surface area contributed by atoms with E-state index in [1.807, 2.05) is 13.8 Å². The Bertz CT molecular complexity index is 515. The molecule has 0 amide bonds. The highest BCUT2D eigenvalue weighted by atomic mass is 79.9. The van der Waals surface area contributed by atoms with Gasteiger partial charge < -0.3 is 5.11 Å². The first-order chi connectivity index (χ1) is 8.70. The molecular weight excluding hydrogens is 314 g/mol. The molecule has 1 aromatic carbocycles. The van der Waals surface area contributed by atoms with E-state index in [-0.39, 0.29) is 18.0 Å². The van der Waals surface area contributed by atoms with Crippen molar-refractivity contribution in [1.29, 1.82) is 0 Å². The Balaban J connectivity index is 3.22. The predicted octanol–water partition coefficient (Wildman–Crippen LogP) is 3.65. The van der Waals surface area contributed by atoms with Crippen LogP contribution in [0.5, 0.6) is 0 Å². The summed E-state index contributed by atoms with van der Waals surface area (Å²) in [7, 11) is 0. The van der Waals surface area contributed by atoms with Gasteiger partial charge in [0.2, 0.25) is 0 Å². The third kappa shape index (κ3) is 3.12. The van der Waals surface area contributed by atoms with Crippen LogP contribution in [0.1, 0.15) is 26.3 Å². The van der Waals surface area contributed by atoms with E-state index in [1.165, 1.54) is 6.07 Å². The van der Waals surface area contributed by atoms with Crippen LogP contribution in [0, 0.1) is 21.4 Å². The summed E-state index contributed by atoms with van der Waals surface area (Å²) >= 11 is 3.20. The van der Waals surface area contributed by atoms with Crippen molar-refractivity contribution >= 4 is 27.6 Å². The fourth-order valence-corrected chi connectivity index (χ4v) is 2.32. The van der Waals surface area contributed by atoms with Gasteiger partial charge in [0.15, 0.2) is 0 Å². The van der Waals surface area contributed by atoms with Gasteiger partial charge >= 0.3 is 5.97 Å². The third-order valence-corrected chi connectivity index (χ3v) is 4.49. The quantitative estimate of drug-likeness (QED) is 0.660. The van der Waals surface area contributed by atoms with E-state index >= 15 is 0 Å². The lowest BCUT2D eigenvalue weighted by Crippen LogP contribution is -2.35. The molecule has 19 heavy (non-hydrogen) atoms. The highest BCUT2D eigenvalue weighted by Crippen LogP contribution is 2.36. The highest BCUT2D eigenvalue weighted by Gasteiger charge is 2.37. The minimum atomic E-state index is -0.961. The standard InChI is InChI=1S/C13H16BrNO4/c1-8(2)13(3,12(16)17)7-9-5-4-6-10(11(9)14)15(18)19/h4-6,8H,7H2,1-3H3,(H,16,17). The summed E-state index contributed by atoms with van der Waals surface area (Å²) in [5.74, 6) is -0.989. The minimum Gasteiger partial charge on any atom is -0.481 e. The molecule has 104 valence electrons. The number of aliphatic carboxylic acids is 1. The number of rotatable bonds is 5. The Morgan fingerprint density at radius 2 is 2.11 bits per heavy atom. The van der Waals surface area contributed by atoms with Crippen molar-refractivity contribution in [2.24, 2.45) is 11.3 Å². The van der Waals surface area contributed by atoms with E-state index in [0.717, 1.165) is 0 Å². The van der Waals surface area contributed by atoms with Gasteiger partial charge in [0, 0.05) is 6.07 Å². The average molecular weight is 330 g/mol. The van der Waals surface area contributed by atoms with Crippen molar-refractivity contribution in [1.82, 2.24) is 0 Å². The van der Waals surface area contributed by atoms with Gasteiger partial charge in [0.1, 0.15) is 0 Å². The van der Waals surface area contributed by atoms with Crippen LogP contribution in [0.25, 0.3) is 0 Å². The van der Waals surface area contributed by atoms with Crippen molar-refractivity contribution in [3.63, 3.8) is 0 Å². The van der Waals surface area contributed by atoms with E-state index in [9.17, 15) is 20.0 Å². The number of hydrogen-bond donors (Lipinski definition) is 1. The maximum Gasteiger partial charge on any atom is 0.309 e. The molecule has 0 radical (unpaired) electrons. The first kappa shape index (κ1) is 15.6. The van der Waals surface area contributed by atoms with Crippen LogP contribution in [0.3, 0.4) is 0 Å². The van der Waals surface area contributed by atoms with Gasteiger partial charge in [-0.15, -0.1) is 0 Å². The maximum absolute atomic E-state index is 11.4. The van der Waals surface area contributed by atoms with E-state index in [4.69, 9.17) is 0 Å². The molecule has 1 aromatic rings. The molecular formula is C13H16BrNO4. The summed E-state index contributed by atoms with van der Waals surface area (Å²) in [6.45, 7) is 5.32. The van der Waals surface area contributed by atoms with Crippen molar-refractivity contribution < 1.29 is 14.8 Å². The number of nitro benzene ring substituents is 1. The number of carboxylic acids is 1. The van der Waals surface area contributed by atoms with Gasteiger partial charge in [0.05, 0.1) is 14.8 Å². The summed E-state index contributed by atoms with van der Waals surface area (Å²) in [6.07, 6.45) is 0.238. The van der Waals surface area contributed by atoms with Crippen LogP contribution in [0.2, 0.25) is 0 Å². The highest BCUT2D eigenvalue weighted by molar-refractivity contribution is 9.10. The van der Waals surface area contributed by atoms with Crippen molar-refractivity contribution in [3.8, 4) is 0 Å². The monoisotopic (exact) mass is 329 g/mol. The van der Waals surface area contributed by atoms with Gasteiger partial charge in [-0.2, -0.15) is 0 Å². The first-order valence-corrected chi connectivity index (χ1v) is 6.64. The van der Waals surface area contributed by atoms with E-state index in [0.29, 0.717) is 10.0 Å². The first-order valence-electron chi connectivity index (χ1n) is 5.85. The summed E-state index contributed by atoms with van der Waals surface area (Å²) in [6, 6.07) is 4.67. The van der Waals surface area contributed by atoms with E-state index in [2.05, 4.69) is 15.9 Å². The number of hydrogen-bond acceptors (Lipinski definition) is 3. The molecule has 1 N–H and O–H groups in total. The fraction of sp³-hybridized carbons (Fsp3) is 0.462. The van der Waals surface area contributed by atoms with Crippen LogP contribution in [-0.4, -0.2) is 16.0 Å². The summed E-state index contributed by atoms with van der Waals surface area (Å²) in [4.78, 5) is 21.8. The SMILES string of the molecule is CC(C)C(C)(Cc1cccc([N+](=O)[O-])c1Br)C(=O)O. The van der Waals surface area contributed by atoms with Crippen molar-refractivity contribution in [3.05, 3.63) is 38.3 Å². The molecule has 0 saturated heterocycles. The zero-order valence-corrected chi connectivity index (χ0v) is 12.6. The summed E-state index contributed by atoms with van der Waals surface area (Å²) in [5.41, 5.74) is -0.376. The van der Waals surface area contributed by atoms with Gasteiger partial charge in [-0.1, -0.05) is 26.0 Å². The molecule has 0 aromatic heterocycles. The molecule has 5 nitrogen and oxygen atoms in total. The third-order valence-electron chi connectivity index (χ3n) is 3.58. The van der Waals surface area contributed by atoms with Crippen molar-refractivity contribution in [2.75, 3.05) is 0 Å². The van der Waals surface area contributed by atoms with Crippen LogP contribution in [-0.2, 0) is 11.2 Å². The topological polar surface area (TPSA) is 80.4 Å². The normalized spacial score (nSPS) is 14.2. The Morgan fingerprint density at radius 3 is 2.53 bits per heavy atom. The second-order valence-corrected chi connectivity index (χ2v) is 5.85. The van der Waals surface area contributed by atoms with Crippen LogP contribution in [0.4, 0.5) is 5.69 Å².